The number of piperazine rings is 1. The zero-order chi connectivity index (χ0) is 19.2. The largest absolute Gasteiger partial charge is 0.465 e. The van der Waals surface area contributed by atoms with Crippen LogP contribution in [0.3, 0.4) is 0 Å². The van der Waals surface area contributed by atoms with Gasteiger partial charge in [-0.15, -0.1) is 0 Å². The maximum atomic E-state index is 12.3. The van der Waals surface area contributed by atoms with E-state index in [0.717, 1.165) is 30.0 Å². The van der Waals surface area contributed by atoms with Crippen molar-refractivity contribution < 1.29 is 14.0 Å². The highest BCUT2D eigenvalue weighted by Crippen LogP contribution is 2.15. The molecule has 2 N–H and O–H groups in total. The molecule has 0 bridgehead atoms. The molecule has 1 aliphatic heterocycles. The Morgan fingerprint density at radius 3 is 2.96 bits per heavy atom. The van der Waals surface area contributed by atoms with Crippen LogP contribution in [0.1, 0.15) is 29.9 Å². The van der Waals surface area contributed by atoms with Gasteiger partial charge in [0.1, 0.15) is 11.5 Å². The van der Waals surface area contributed by atoms with Gasteiger partial charge in [0.25, 0.3) is 0 Å². The van der Waals surface area contributed by atoms with Crippen molar-refractivity contribution >= 4 is 11.8 Å². The Kier molecular flexibility index (Phi) is 6.28. The predicted molar refractivity (Wildman–Crippen MR) is 99.9 cm³/mol. The quantitative estimate of drug-likeness (QED) is 0.673. The molecule has 2 aromatic heterocycles. The molecule has 2 aromatic rings. The van der Waals surface area contributed by atoms with Crippen molar-refractivity contribution in [3.05, 3.63) is 41.6 Å². The van der Waals surface area contributed by atoms with Crippen molar-refractivity contribution in [3.8, 4) is 0 Å². The van der Waals surface area contributed by atoms with E-state index in [1.165, 1.54) is 0 Å². The van der Waals surface area contributed by atoms with Gasteiger partial charge in [-0.25, -0.2) is 0 Å². The van der Waals surface area contributed by atoms with Gasteiger partial charge in [0.15, 0.2) is 0 Å². The van der Waals surface area contributed by atoms with Gasteiger partial charge in [0, 0.05) is 32.4 Å². The summed E-state index contributed by atoms with van der Waals surface area (Å²) in [5, 5.41) is 9.98. The first-order chi connectivity index (χ1) is 13.0. The molecule has 1 fully saturated rings. The van der Waals surface area contributed by atoms with Crippen molar-refractivity contribution in [2.24, 2.45) is 0 Å². The minimum Gasteiger partial charge on any atom is -0.465 e. The van der Waals surface area contributed by atoms with Crippen LogP contribution in [0, 0.1) is 13.8 Å². The molecule has 3 rings (SSSR count). The summed E-state index contributed by atoms with van der Waals surface area (Å²) in [6.45, 7) is 7.00. The SMILES string of the molecule is Cc1cnn(CCCNC(=O)CC2C(=O)NCCN2Cc2ccc(C)o2)c1. The molecule has 0 aromatic carbocycles. The maximum Gasteiger partial charge on any atom is 0.237 e. The summed E-state index contributed by atoms with van der Waals surface area (Å²) in [6.07, 6.45) is 4.73. The number of hydrogen-bond acceptors (Lipinski definition) is 5. The standard InChI is InChI=1S/C19H27N5O3/c1-14-11-22-24(12-14)8-3-6-20-18(25)10-17-19(26)21-7-9-23(17)13-16-5-4-15(2)27-16/h4-5,11-12,17H,3,6-10,13H2,1-2H3,(H,20,25)(H,21,26). The lowest BCUT2D eigenvalue weighted by Gasteiger charge is -2.34. The molecule has 146 valence electrons. The Morgan fingerprint density at radius 2 is 2.26 bits per heavy atom. The van der Waals surface area contributed by atoms with Crippen LogP contribution in [-0.4, -0.2) is 52.2 Å². The van der Waals surface area contributed by atoms with Gasteiger partial charge < -0.3 is 15.1 Å². The van der Waals surface area contributed by atoms with E-state index < -0.39 is 6.04 Å². The Bertz CT molecular complexity index is 782. The summed E-state index contributed by atoms with van der Waals surface area (Å²) in [6, 6.07) is 3.34. The highest BCUT2D eigenvalue weighted by atomic mass is 16.3. The number of aryl methyl sites for hydroxylation is 3. The first kappa shape index (κ1) is 19.2. The summed E-state index contributed by atoms with van der Waals surface area (Å²) in [5.41, 5.74) is 1.12. The lowest BCUT2D eigenvalue weighted by Crippen LogP contribution is -2.56. The van der Waals surface area contributed by atoms with Gasteiger partial charge in [-0.05, 0) is 38.0 Å². The molecule has 1 unspecified atom stereocenters. The van der Waals surface area contributed by atoms with Gasteiger partial charge in [-0.3, -0.25) is 19.2 Å². The Balaban J connectivity index is 1.46. The molecule has 8 nitrogen and oxygen atoms in total. The lowest BCUT2D eigenvalue weighted by atomic mass is 10.1. The molecule has 0 spiro atoms. The van der Waals surface area contributed by atoms with Gasteiger partial charge in [0.2, 0.25) is 11.8 Å². The van der Waals surface area contributed by atoms with E-state index in [2.05, 4.69) is 15.7 Å². The number of aromatic nitrogens is 2. The number of hydrogen-bond donors (Lipinski definition) is 2. The third-order valence-electron chi connectivity index (χ3n) is 4.62. The average molecular weight is 373 g/mol. The normalized spacial score (nSPS) is 17.7. The second kappa shape index (κ2) is 8.85. The molecule has 27 heavy (non-hydrogen) atoms. The topological polar surface area (TPSA) is 92.4 Å². The van der Waals surface area contributed by atoms with E-state index in [9.17, 15) is 9.59 Å². The number of carbonyl (C=O) groups is 2. The summed E-state index contributed by atoms with van der Waals surface area (Å²) in [4.78, 5) is 26.6. The first-order valence-corrected chi connectivity index (χ1v) is 9.34. The minimum atomic E-state index is -0.474. The second-order valence-electron chi connectivity index (χ2n) is 6.98. The molecule has 1 saturated heterocycles. The van der Waals surface area contributed by atoms with Crippen molar-refractivity contribution in [1.82, 2.24) is 25.3 Å². The molecule has 0 radical (unpaired) electrons. The molecule has 3 heterocycles. The maximum absolute atomic E-state index is 12.3. The summed E-state index contributed by atoms with van der Waals surface area (Å²) >= 11 is 0. The van der Waals surface area contributed by atoms with Crippen LogP contribution in [0.25, 0.3) is 0 Å². The molecule has 8 heteroatoms. The van der Waals surface area contributed by atoms with Crippen LogP contribution in [0.2, 0.25) is 0 Å². The average Bonchev–Trinajstić information content (AvgIpc) is 3.23. The van der Waals surface area contributed by atoms with Crippen molar-refractivity contribution in [2.75, 3.05) is 19.6 Å². The van der Waals surface area contributed by atoms with Gasteiger partial charge >= 0.3 is 0 Å². The van der Waals surface area contributed by atoms with Crippen LogP contribution in [-0.2, 0) is 22.7 Å². The molecular formula is C19H27N5O3. The van der Waals surface area contributed by atoms with E-state index in [0.29, 0.717) is 26.2 Å². The van der Waals surface area contributed by atoms with Crippen LogP contribution in [0.15, 0.2) is 28.9 Å². The van der Waals surface area contributed by atoms with Crippen LogP contribution in [0.5, 0.6) is 0 Å². The van der Waals surface area contributed by atoms with Gasteiger partial charge in [0.05, 0.1) is 25.2 Å². The zero-order valence-electron chi connectivity index (χ0n) is 15.9. The first-order valence-electron chi connectivity index (χ1n) is 9.34. The van der Waals surface area contributed by atoms with E-state index in [1.54, 1.807) is 0 Å². The Morgan fingerprint density at radius 1 is 1.41 bits per heavy atom. The van der Waals surface area contributed by atoms with E-state index >= 15 is 0 Å². The smallest absolute Gasteiger partial charge is 0.237 e. The zero-order valence-corrected chi connectivity index (χ0v) is 15.9. The summed E-state index contributed by atoms with van der Waals surface area (Å²) in [5.74, 6) is 1.43. The van der Waals surface area contributed by atoms with E-state index in [4.69, 9.17) is 4.42 Å². The number of amides is 2. The second-order valence-corrected chi connectivity index (χ2v) is 6.98. The number of rotatable bonds is 8. The number of nitrogens with zero attached hydrogens (tertiary/aromatic N) is 3. The predicted octanol–water partition coefficient (Wildman–Crippen LogP) is 0.990. The Labute approximate surface area is 158 Å². The van der Waals surface area contributed by atoms with Crippen LogP contribution < -0.4 is 10.6 Å². The van der Waals surface area contributed by atoms with Gasteiger partial charge in [-0.1, -0.05) is 0 Å². The fraction of sp³-hybridized carbons (Fsp3) is 0.526. The van der Waals surface area contributed by atoms with E-state index in [1.807, 2.05) is 48.0 Å². The lowest BCUT2D eigenvalue weighted by molar-refractivity contribution is -0.134. The summed E-state index contributed by atoms with van der Waals surface area (Å²) < 4.78 is 7.48. The van der Waals surface area contributed by atoms with E-state index in [-0.39, 0.29) is 18.2 Å². The minimum absolute atomic E-state index is 0.105. The van der Waals surface area contributed by atoms with Crippen molar-refractivity contribution in [1.29, 1.82) is 0 Å². The number of furan rings is 1. The van der Waals surface area contributed by atoms with Crippen molar-refractivity contribution in [3.63, 3.8) is 0 Å². The summed E-state index contributed by atoms with van der Waals surface area (Å²) in [7, 11) is 0. The molecule has 1 atom stereocenters. The highest BCUT2D eigenvalue weighted by molar-refractivity contribution is 5.88. The third kappa shape index (κ3) is 5.43. The van der Waals surface area contributed by atoms with Crippen LogP contribution >= 0.6 is 0 Å². The van der Waals surface area contributed by atoms with Crippen molar-refractivity contribution in [2.45, 2.75) is 45.8 Å². The molecule has 0 saturated carbocycles. The molecular weight excluding hydrogens is 346 g/mol. The molecule has 0 aliphatic carbocycles. The highest BCUT2D eigenvalue weighted by Gasteiger charge is 2.32. The number of carbonyl (C=O) groups excluding carboxylic acids is 2. The third-order valence-corrected chi connectivity index (χ3v) is 4.62. The van der Waals surface area contributed by atoms with Crippen LogP contribution in [0.4, 0.5) is 0 Å². The molecule has 2 amide bonds. The monoisotopic (exact) mass is 373 g/mol. The molecule has 1 aliphatic rings. The fourth-order valence-corrected chi connectivity index (χ4v) is 3.25. The number of nitrogens with one attached hydrogen (secondary N) is 2. The fourth-order valence-electron chi connectivity index (χ4n) is 3.25. The Hall–Kier alpha value is -2.61. The van der Waals surface area contributed by atoms with Gasteiger partial charge in [-0.2, -0.15) is 5.10 Å².